The molecule has 0 fully saturated rings. The minimum atomic E-state index is -0.631. The van der Waals surface area contributed by atoms with Gasteiger partial charge in [0.15, 0.2) is 5.78 Å². The van der Waals surface area contributed by atoms with Gasteiger partial charge in [0.05, 0.1) is 11.4 Å². The summed E-state index contributed by atoms with van der Waals surface area (Å²) < 4.78 is 4.16. The van der Waals surface area contributed by atoms with Gasteiger partial charge in [0, 0.05) is 4.90 Å². The van der Waals surface area contributed by atoms with Crippen molar-refractivity contribution in [2.45, 2.75) is 36.8 Å². The molecule has 1 aromatic rings. The van der Waals surface area contributed by atoms with Crippen molar-refractivity contribution in [3.05, 3.63) is 30.3 Å². The molecule has 0 spiro atoms. The Labute approximate surface area is 112 Å². The highest BCUT2D eigenvalue weighted by Gasteiger charge is 2.30. The Balaban J connectivity index is 2.63. The highest BCUT2D eigenvalue weighted by molar-refractivity contribution is 8.01. The number of ketones is 1. The average molecular weight is 266 g/mol. The Morgan fingerprint density at radius 3 is 2.39 bits per heavy atom. The smallest absolute Gasteiger partial charge is 0.313 e. The molecule has 0 aliphatic heterocycles. The zero-order valence-corrected chi connectivity index (χ0v) is 11.8. The number of benzene rings is 1. The van der Waals surface area contributed by atoms with Gasteiger partial charge in [0.2, 0.25) is 0 Å². The number of thioether (sulfide) groups is 1. The first-order valence-corrected chi connectivity index (χ1v) is 6.70. The molecule has 98 valence electrons. The molecule has 1 rings (SSSR count). The van der Waals surface area contributed by atoms with Crippen LogP contribution in [0, 0.1) is 0 Å². The van der Waals surface area contributed by atoms with E-state index in [0.717, 1.165) is 4.90 Å². The number of rotatable bonds is 6. The van der Waals surface area contributed by atoms with Crippen LogP contribution in [0.3, 0.4) is 0 Å². The van der Waals surface area contributed by atoms with E-state index >= 15 is 0 Å². The molecule has 0 amide bonds. The first kappa shape index (κ1) is 14.8. The molecule has 0 aromatic heterocycles. The van der Waals surface area contributed by atoms with Crippen molar-refractivity contribution in [3.8, 4) is 0 Å². The number of hydrogen-bond acceptors (Lipinski definition) is 4. The molecule has 0 aliphatic rings. The Morgan fingerprint density at radius 2 is 1.83 bits per heavy atom. The zero-order valence-electron chi connectivity index (χ0n) is 10.9. The minimum absolute atomic E-state index is 0.116. The fourth-order valence-electron chi connectivity index (χ4n) is 1.40. The summed E-state index contributed by atoms with van der Waals surface area (Å²) in [7, 11) is 0. The second kappa shape index (κ2) is 6.59. The minimum Gasteiger partial charge on any atom is -0.466 e. The van der Waals surface area contributed by atoms with Gasteiger partial charge in [-0.15, -0.1) is 11.8 Å². The van der Waals surface area contributed by atoms with E-state index in [0.29, 0.717) is 6.61 Å². The van der Waals surface area contributed by atoms with E-state index in [-0.39, 0.29) is 12.2 Å². The largest absolute Gasteiger partial charge is 0.466 e. The van der Waals surface area contributed by atoms with Crippen molar-refractivity contribution in [2.75, 3.05) is 6.61 Å². The van der Waals surface area contributed by atoms with E-state index in [1.807, 2.05) is 44.2 Å². The predicted molar refractivity (Wildman–Crippen MR) is 72.6 cm³/mol. The van der Waals surface area contributed by atoms with Gasteiger partial charge in [-0.1, -0.05) is 18.2 Å². The van der Waals surface area contributed by atoms with Crippen LogP contribution in [-0.4, -0.2) is 23.1 Å². The molecular weight excluding hydrogens is 248 g/mol. The molecule has 0 unspecified atom stereocenters. The summed E-state index contributed by atoms with van der Waals surface area (Å²) in [6.07, 6.45) is -0.166. The van der Waals surface area contributed by atoms with E-state index < -0.39 is 10.7 Å². The number of esters is 1. The molecule has 3 nitrogen and oxygen atoms in total. The zero-order chi connectivity index (χ0) is 13.6. The first-order chi connectivity index (χ1) is 8.45. The summed E-state index contributed by atoms with van der Waals surface area (Å²) in [6, 6.07) is 9.67. The predicted octanol–water partition coefficient (Wildman–Crippen LogP) is 3.08. The van der Waals surface area contributed by atoms with Gasteiger partial charge in [0.1, 0.15) is 6.42 Å². The average Bonchev–Trinajstić information content (AvgIpc) is 2.29. The Hall–Kier alpha value is -1.29. The summed E-state index contributed by atoms with van der Waals surface area (Å²) in [5.74, 6) is -0.570. The number of hydrogen-bond donors (Lipinski definition) is 0. The second-order valence-electron chi connectivity index (χ2n) is 4.33. The second-order valence-corrected chi connectivity index (χ2v) is 6.03. The van der Waals surface area contributed by atoms with Crippen LogP contribution in [0.2, 0.25) is 0 Å². The number of ether oxygens (including phenoxy) is 1. The monoisotopic (exact) mass is 266 g/mol. The molecule has 0 radical (unpaired) electrons. The first-order valence-electron chi connectivity index (χ1n) is 5.88. The third-order valence-corrected chi connectivity index (χ3v) is 3.64. The topological polar surface area (TPSA) is 43.4 Å². The lowest BCUT2D eigenvalue weighted by atomic mass is 10.1. The Morgan fingerprint density at radius 1 is 1.22 bits per heavy atom. The lowest BCUT2D eigenvalue weighted by molar-refractivity contribution is -0.145. The van der Waals surface area contributed by atoms with Crippen LogP contribution in [0.15, 0.2) is 35.2 Å². The molecule has 1 aromatic carbocycles. The Kier molecular flexibility index (Phi) is 5.41. The molecule has 18 heavy (non-hydrogen) atoms. The van der Waals surface area contributed by atoms with Crippen LogP contribution in [0.5, 0.6) is 0 Å². The highest BCUT2D eigenvalue weighted by Crippen LogP contribution is 2.33. The maximum absolute atomic E-state index is 12.0. The van der Waals surface area contributed by atoms with Crippen LogP contribution in [-0.2, 0) is 14.3 Å². The molecule has 0 saturated heterocycles. The standard InChI is InChI=1S/C14H18O3S/c1-4-17-13(16)10-12(15)14(2,3)18-11-8-6-5-7-9-11/h5-9H,4,10H2,1-3H3. The quantitative estimate of drug-likeness (QED) is 0.451. The van der Waals surface area contributed by atoms with Crippen LogP contribution >= 0.6 is 11.8 Å². The SMILES string of the molecule is CCOC(=O)CC(=O)C(C)(C)Sc1ccccc1. The fraction of sp³-hybridized carbons (Fsp3) is 0.429. The number of Topliss-reactive ketones (excluding diaryl/α,β-unsaturated/α-hetero) is 1. The van der Waals surface area contributed by atoms with E-state index in [2.05, 4.69) is 0 Å². The van der Waals surface area contributed by atoms with Crippen molar-refractivity contribution in [3.63, 3.8) is 0 Å². The van der Waals surface area contributed by atoms with Crippen LogP contribution in [0.4, 0.5) is 0 Å². The summed E-state index contributed by atoms with van der Waals surface area (Å²) in [6.45, 7) is 5.68. The molecule has 4 heteroatoms. The summed E-state index contributed by atoms with van der Waals surface area (Å²) in [5.41, 5.74) is 0. The molecule has 0 atom stereocenters. The maximum Gasteiger partial charge on any atom is 0.313 e. The van der Waals surface area contributed by atoms with Crippen molar-refractivity contribution >= 4 is 23.5 Å². The molecule has 0 heterocycles. The van der Waals surface area contributed by atoms with Gasteiger partial charge in [-0.3, -0.25) is 9.59 Å². The normalized spacial score (nSPS) is 11.1. The van der Waals surface area contributed by atoms with Crippen LogP contribution in [0.1, 0.15) is 27.2 Å². The lowest BCUT2D eigenvalue weighted by Crippen LogP contribution is -2.30. The fourth-order valence-corrected chi connectivity index (χ4v) is 2.46. The third kappa shape index (κ3) is 4.53. The number of carbonyl (C=O) groups excluding carboxylic acids is 2. The van der Waals surface area contributed by atoms with Crippen LogP contribution < -0.4 is 0 Å². The number of carbonyl (C=O) groups is 2. The summed E-state index contributed by atoms with van der Waals surface area (Å²) >= 11 is 1.46. The van der Waals surface area contributed by atoms with E-state index in [9.17, 15) is 9.59 Å². The van der Waals surface area contributed by atoms with Crippen molar-refractivity contribution < 1.29 is 14.3 Å². The summed E-state index contributed by atoms with van der Waals surface area (Å²) in [4.78, 5) is 24.3. The van der Waals surface area contributed by atoms with Crippen LogP contribution in [0.25, 0.3) is 0 Å². The van der Waals surface area contributed by atoms with E-state index in [4.69, 9.17) is 4.74 Å². The van der Waals surface area contributed by atoms with Gasteiger partial charge >= 0.3 is 5.97 Å². The van der Waals surface area contributed by atoms with Crippen molar-refractivity contribution in [1.29, 1.82) is 0 Å². The van der Waals surface area contributed by atoms with E-state index in [1.165, 1.54) is 11.8 Å². The summed E-state index contributed by atoms with van der Waals surface area (Å²) in [5, 5.41) is 0. The van der Waals surface area contributed by atoms with E-state index in [1.54, 1.807) is 6.92 Å². The molecule has 0 saturated carbocycles. The van der Waals surface area contributed by atoms with Gasteiger partial charge in [-0.2, -0.15) is 0 Å². The molecular formula is C14H18O3S. The third-order valence-electron chi connectivity index (χ3n) is 2.40. The van der Waals surface area contributed by atoms with Crippen molar-refractivity contribution in [2.24, 2.45) is 0 Å². The molecule has 0 N–H and O–H groups in total. The van der Waals surface area contributed by atoms with Gasteiger partial charge in [-0.05, 0) is 32.9 Å². The van der Waals surface area contributed by atoms with Crippen molar-refractivity contribution in [1.82, 2.24) is 0 Å². The van der Waals surface area contributed by atoms with Gasteiger partial charge < -0.3 is 4.74 Å². The lowest BCUT2D eigenvalue weighted by Gasteiger charge is -2.22. The molecule has 0 aliphatic carbocycles. The maximum atomic E-state index is 12.0. The highest BCUT2D eigenvalue weighted by atomic mass is 32.2. The molecule has 0 bridgehead atoms. The van der Waals surface area contributed by atoms with Gasteiger partial charge in [-0.25, -0.2) is 0 Å². The Bertz CT molecular complexity index is 412. The van der Waals surface area contributed by atoms with Gasteiger partial charge in [0.25, 0.3) is 0 Å².